The first kappa shape index (κ1) is 15.2. The quantitative estimate of drug-likeness (QED) is 0.668. The number of esters is 1. The third-order valence-corrected chi connectivity index (χ3v) is 2.79. The molecule has 0 saturated carbocycles. The van der Waals surface area contributed by atoms with E-state index < -0.39 is 17.8 Å². The number of carboxylic acids is 1. The van der Waals surface area contributed by atoms with Gasteiger partial charge in [-0.05, 0) is 24.3 Å². The Hall–Kier alpha value is -3.15. The minimum Gasteiger partial charge on any atom is -0.478 e. The first-order valence-corrected chi connectivity index (χ1v) is 6.40. The lowest BCUT2D eigenvalue weighted by molar-refractivity contribution is -0.131. The second kappa shape index (κ2) is 6.53. The Balaban J connectivity index is 2.31. The van der Waals surface area contributed by atoms with Crippen molar-refractivity contribution in [2.45, 2.75) is 6.92 Å². The maximum atomic E-state index is 12.3. The van der Waals surface area contributed by atoms with Crippen LogP contribution in [0.4, 0.5) is 5.69 Å². The van der Waals surface area contributed by atoms with E-state index in [0.717, 1.165) is 0 Å². The van der Waals surface area contributed by atoms with E-state index in [4.69, 9.17) is 9.84 Å². The smallest absolute Gasteiger partial charge is 0.337 e. The Bertz CT molecular complexity index is 739. The molecule has 0 fully saturated rings. The molecule has 22 heavy (non-hydrogen) atoms. The number of para-hydroxylation sites is 2. The Morgan fingerprint density at radius 1 is 0.955 bits per heavy atom. The lowest BCUT2D eigenvalue weighted by Gasteiger charge is -2.11. The van der Waals surface area contributed by atoms with Gasteiger partial charge in [-0.2, -0.15) is 0 Å². The topological polar surface area (TPSA) is 92.7 Å². The third-order valence-electron chi connectivity index (χ3n) is 2.79. The van der Waals surface area contributed by atoms with Gasteiger partial charge in [0.15, 0.2) is 0 Å². The van der Waals surface area contributed by atoms with Gasteiger partial charge < -0.3 is 15.2 Å². The normalized spacial score (nSPS) is 9.86. The van der Waals surface area contributed by atoms with E-state index in [9.17, 15) is 14.4 Å². The molecule has 0 unspecified atom stereocenters. The molecular formula is C16H13NO5. The molecule has 1 amide bonds. The molecule has 0 saturated heterocycles. The summed E-state index contributed by atoms with van der Waals surface area (Å²) >= 11 is 0. The molecule has 2 rings (SSSR count). The zero-order valence-electron chi connectivity index (χ0n) is 11.7. The van der Waals surface area contributed by atoms with Crippen LogP contribution in [-0.4, -0.2) is 23.0 Å². The highest BCUT2D eigenvalue weighted by atomic mass is 16.5. The molecule has 0 aliphatic carbocycles. The van der Waals surface area contributed by atoms with Crippen LogP contribution in [0.2, 0.25) is 0 Å². The van der Waals surface area contributed by atoms with Gasteiger partial charge in [-0.1, -0.05) is 24.3 Å². The SMILES string of the molecule is CC(=O)Oc1ccccc1C(=O)Nc1ccccc1C(=O)O. The summed E-state index contributed by atoms with van der Waals surface area (Å²) in [6, 6.07) is 12.2. The molecule has 0 aromatic heterocycles. The molecule has 2 aromatic carbocycles. The van der Waals surface area contributed by atoms with E-state index in [1.165, 1.54) is 31.2 Å². The number of anilines is 1. The molecule has 0 atom stereocenters. The molecule has 6 heteroatoms. The van der Waals surface area contributed by atoms with Gasteiger partial charge in [-0.15, -0.1) is 0 Å². The molecule has 6 nitrogen and oxygen atoms in total. The summed E-state index contributed by atoms with van der Waals surface area (Å²) in [4.78, 5) is 34.5. The number of aromatic carboxylic acids is 1. The number of nitrogens with one attached hydrogen (secondary N) is 1. The van der Waals surface area contributed by atoms with Crippen LogP contribution in [0, 0.1) is 0 Å². The fraction of sp³-hybridized carbons (Fsp3) is 0.0625. The van der Waals surface area contributed by atoms with Crippen molar-refractivity contribution < 1.29 is 24.2 Å². The highest BCUT2D eigenvalue weighted by Gasteiger charge is 2.16. The molecule has 0 aliphatic heterocycles. The van der Waals surface area contributed by atoms with Crippen molar-refractivity contribution in [2.24, 2.45) is 0 Å². The number of amides is 1. The summed E-state index contributed by atoms with van der Waals surface area (Å²) in [5.74, 6) is -2.15. The molecule has 112 valence electrons. The van der Waals surface area contributed by atoms with Crippen LogP contribution in [0.25, 0.3) is 0 Å². The van der Waals surface area contributed by atoms with E-state index in [1.807, 2.05) is 0 Å². The molecular weight excluding hydrogens is 286 g/mol. The fourth-order valence-corrected chi connectivity index (χ4v) is 1.87. The monoisotopic (exact) mass is 299 g/mol. The molecule has 0 aliphatic rings. The molecule has 2 aromatic rings. The van der Waals surface area contributed by atoms with Gasteiger partial charge in [0.2, 0.25) is 0 Å². The first-order chi connectivity index (χ1) is 10.5. The van der Waals surface area contributed by atoms with Crippen LogP contribution in [0.3, 0.4) is 0 Å². The highest BCUT2D eigenvalue weighted by Crippen LogP contribution is 2.21. The van der Waals surface area contributed by atoms with Crippen LogP contribution in [0.1, 0.15) is 27.6 Å². The minimum absolute atomic E-state index is 0.0270. The van der Waals surface area contributed by atoms with Crippen LogP contribution in [0.5, 0.6) is 5.75 Å². The molecule has 0 bridgehead atoms. The van der Waals surface area contributed by atoms with Crippen molar-refractivity contribution in [1.82, 2.24) is 0 Å². The summed E-state index contributed by atoms with van der Waals surface area (Å²) in [5.41, 5.74) is 0.274. The highest BCUT2D eigenvalue weighted by molar-refractivity contribution is 6.09. The van der Waals surface area contributed by atoms with Gasteiger partial charge in [0, 0.05) is 6.92 Å². The third kappa shape index (κ3) is 3.49. The van der Waals surface area contributed by atoms with Gasteiger partial charge in [0.05, 0.1) is 16.8 Å². The van der Waals surface area contributed by atoms with Crippen molar-refractivity contribution in [3.05, 3.63) is 59.7 Å². The summed E-state index contributed by atoms with van der Waals surface area (Å²) in [7, 11) is 0. The van der Waals surface area contributed by atoms with Crippen LogP contribution in [-0.2, 0) is 4.79 Å². The summed E-state index contributed by atoms with van der Waals surface area (Å²) in [5, 5.41) is 11.6. The second-order valence-corrected chi connectivity index (χ2v) is 4.39. The number of benzene rings is 2. The lowest BCUT2D eigenvalue weighted by atomic mass is 10.1. The maximum Gasteiger partial charge on any atom is 0.337 e. The predicted octanol–water partition coefficient (Wildman–Crippen LogP) is 2.56. The van der Waals surface area contributed by atoms with E-state index in [-0.39, 0.29) is 22.6 Å². The van der Waals surface area contributed by atoms with Gasteiger partial charge in [-0.3, -0.25) is 9.59 Å². The lowest BCUT2D eigenvalue weighted by Crippen LogP contribution is -2.16. The van der Waals surface area contributed by atoms with Crippen molar-refractivity contribution >= 4 is 23.5 Å². The standard InChI is InChI=1S/C16H13NO5/c1-10(18)22-14-9-5-3-7-12(14)15(19)17-13-8-4-2-6-11(13)16(20)21/h2-9H,1H3,(H,17,19)(H,20,21). The average molecular weight is 299 g/mol. The number of rotatable bonds is 4. The molecule has 2 N–H and O–H groups in total. The zero-order valence-corrected chi connectivity index (χ0v) is 11.7. The zero-order chi connectivity index (χ0) is 16.1. The van der Waals surface area contributed by atoms with E-state index in [1.54, 1.807) is 24.3 Å². The molecule has 0 heterocycles. The van der Waals surface area contributed by atoms with E-state index in [0.29, 0.717) is 0 Å². The van der Waals surface area contributed by atoms with Crippen LogP contribution in [0.15, 0.2) is 48.5 Å². The van der Waals surface area contributed by atoms with E-state index in [2.05, 4.69) is 5.32 Å². The van der Waals surface area contributed by atoms with Crippen molar-refractivity contribution in [2.75, 3.05) is 5.32 Å². The maximum absolute atomic E-state index is 12.3. The number of carbonyl (C=O) groups excluding carboxylic acids is 2. The second-order valence-electron chi connectivity index (χ2n) is 4.39. The number of hydrogen-bond acceptors (Lipinski definition) is 4. The Morgan fingerprint density at radius 3 is 2.18 bits per heavy atom. The van der Waals surface area contributed by atoms with Crippen molar-refractivity contribution in [3.63, 3.8) is 0 Å². The van der Waals surface area contributed by atoms with Gasteiger partial charge in [0.1, 0.15) is 5.75 Å². The molecule has 0 radical (unpaired) electrons. The van der Waals surface area contributed by atoms with Crippen LogP contribution >= 0.6 is 0 Å². The average Bonchev–Trinajstić information content (AvgIpc) is 2.47. The predicted molar refractivity (Wildman–Crippen MR) is 79.1 cm³/mol. The van der Waals surface area contributed by atoms with Gasteiger partial charge in [-0.25, -0.2) is 4.79 Å². The number of hydrogen-bond donors (Lipinski definition) is 2. The van der Waals surface area contributed by atoms with Gasteiger partial charge in [0.25, 0.3) is 5.91 Å². The first-order valence-electron chi connectivity index (χ1n) is 6.40. The molecule has 0 spiro atoms. The van der Waals surface area contributed by atoms with E-state index >= 15 is 0 Å². The summed E-state index contributed by atoms with van der Waals surface area (Å²) in [6.45, 7) is 1.23. The largest absolute Gasteiger partial charge is 0.478 e. The van der Waals surface area contributed by atoms with Crippen molar-refractivity contribution in [1.29, 1.82) is 0 Å². The summed E-state index contributed by atoms with van der Waals surface area (Å²) in [6.07, 6.45) is 0. The van der Waals surface area contributed by atoms with Gasteiger partial charge >= 0.3 is 11.9 Å². The summed E-state index contributed by atoms with van der Waals surface area (Å²) < 4.78 is 4.97. The number of carboxylic acid groups (broad SMARTS) is 1. The number of carbonyl (C=O) groups is 3. The Kier molecular flexibility index (Phi) is 4.53. The Labute approximate surface area is 126 Å². The fourth-order valence-electron chi connectivity index (χ4n) is 1.87. The van der Waals surface area contributed by atoms with Crippen molar-refractivity contribution in [3.8, 4) is 5.75 Å². The van der Waals surface area contributed by atoms with Crippen LogP contribution < -0.4 is 10.1 Å². The minimum atomic E-state index is -1.15. The Morgan fingerprint density at radius 2 is 1.55 bits per heavy atom. The number of ether oxygens (including phenoxy) is 1.